The van der Waals surface area contributed by atoms with Crippen LogP contribution in [0.15, 0.2) is 30.3 Å². The number of carbonyl (C=O) groups excluding carboxylic acids is 1. The first-order valence-corrected chi connectivity index (χ1v) is 7.41. The van der Waals surface area contributed by atoms with Gasteiger partial charge in [0.1, 0.15) is 0 Å². The van der Waals surface area contributed by atoms with E-state index in [9.17, 15) is 9.90 Å². The molecule has 1 aromatic carbocycles. The van der Waals surface area contributed by atoms with Crippen molar-refractivity contribution >= 4 is 11.7 Å². The summed E-state index contributed by atoms with van der Waals surface area (Å²) < 4.78 is 16.0. The van der Waals surface area contributed by atoms with E-state index in [1.165, 1.54) is 6.92 Å². The zero-order chi connectivity index (χ0) is 16.9. The highest BCUT2D eigenvalue weighted by atomic mass is 16.7. The fourth-order valence-corrected chi connectivity index (χ4v) is 2.36. The minimum Gasteiger partial charge on any atom is -0.457 e. The fourth-order valence-electron chi connectivity index (χ4n) is 2.36. The molecule has 1 N–H and O–H groups in total. The number of benzene rings is 1. The number of aliphatic hydroxyl groups is 1. The monoisotopic (exact) mass is 320 g/mol. The summed E-state index contributed by atoms with van der Waals surface area (Å²) in [6.45, 7) is 3.81. The second-order valence-corrected chi connectivity index (χ2v) is 5.35. The smallest absolute Gasteiger partial charge is 0.420 e. The van der Waals surface area contributed by atoms with Crippen LogP contribution in [0, 0.1) is 0 Å². The van der Waals surface area contributed by atoms with Crippen LogP contribution in [0.4, 0.5) is 0 Å². The van der Waals surface area contributed by atoms with Crippen LogP contribution in [-0.4, -0.2) is 53.3 Å². The number of hydrogen-bond donors (Lipinski definition) is 1. The molecule has 0 saturated carbocycles. The van der Waals surface area contributed by atoms with Crippen molar-refractivity contribution in [1.82, 2.24) is 0 Å². The molecule has 1 saturated heterocycles. The van der Waals surface area contributed by atoms with E-state index in [0.717, 1.165) is 5.56 Å². The average Bonchev–Trinajstić information content (AvgIpc) is 2.57. The first-order valence-electron chi connectivity index (χ1n) is 7.41. The zero-order valence-corrected chi connectivity index (χ0v) is 13.1. The predicted molar refractivity (Wildman–Crippen MR) is 80.8 cm³/mol. The van der Waals surface area contributed by atoms with Crippen LogP contribution in [0.5, 0.6) is 0 Å². The highest BCUT2D eigenvalue weighted by Gasteiger charge is 2.49. The topological polar surface area (TPSA) is 101 Å². The highest BCUT2D eigenvalue weighted by molar-refractivity contribution is 6.35. The molecule has 0 aliphatic carbocycles. The third-order valence-electron chi connectivity index (χ3n) is 3.76. The standard InChI is InChI=1S/C16H20N2O5/c1-3-21-15(20)13(18-17)14(19)16(2)22-9-12(10-23-16)11-7-5-4-6-8-11/h4-8,12,14,19H,3,9-10H2,1-2H3. The van der Waals surface area contributed by atoms with Crippen molar-refractivity contribution in [2.24, 2.45) is 0 Å². The minimum atomic E-state index is -1.57. The van der Waals surface area contributed by atoms with E-state index >= 15 is 0 Å². The maximum Gasteiger partial charge on any atom is 0.420 e. The Hall–Kier alpha value is -2.05. The molecule has 1 unspecified atom stereocenters. The zero-order valence-electron chi connectivity index (χ0n) is 13.1. The van der Waals surface area contributed by atoms with Crippen molar-refractivity contribution < 1.29 is 28.9 Å². The van der Waals surface area contributed by atoms with Crippen LogP contribution in [0.1, 0.15) is 25.3 Å². The van der Waals surface area contributed by atoms with E-state index in [0.29, 0.717) is 13.2 Å². The van der Waals surface area contributed by atoms with Crippen LogP contribution in [-0.2, 0) is 19.0 Å². The molecule has 1 aromatic rings. The second kappa shape index (κ2) is 7.48. The molecular formula is C16H20N2O5. The van der Waals surface area contributed by atoms with E-state index in [1.54, 1.807) is 6.92 Å². The lowest BCUT2D eigenvalue weighted by Crippen LogP contribution is -2.55. The Morgan fingerprint density at radius 2 is 2.04 bits per heavy atom. The number of nitrogens with zero attached hydrogens (tertiary/aromatic N) is 2. The molecule has 23 heavy (non-hydrogen) atoms. The molecule has 0 radical (unpaired) electrons. The lowest BCUT2D eigenvalue weighted by Gasteiger charge is -2.38. The number of ether oxygens (including phenoxy) is 3. The first-order chi connectivity index (χ1) is 11.0. The summed E-state index contributed by atoms with van der Waals surface area (Å²) in [6.07, 6.45) is -1.57. The molecule has 1 fully saturated rings. The fraction of sp³-hybridized carbons (Fsp3) is 0.500. The van der Waals surface area contributed by atoms with Gasteiger partial charge in [-0.05, 0) is 19.4 Å². The van der Waals surface area contributed by atoms with Crippen molar-refractivity contribution in [3.8, 4) is 0 Å². The summed E-state index contributed by atoms with van der Waals surface area (Å²) in [7, 11) is 0. The van der Waals surface area contributed by atoms with Crippen LogP contribution in [0.3, 0.4) is 0 Å². The predicted octanol–water partition coefficient (Wildman–Crippen LogP) is 1.13. The largest absolute Gasteiger partial charge is 0.457 e. The van der Waals surface area contributed by atoms with Gasteiger partial charge in [0.15, 0.2) is 0 Å². The van der Waals surface area contributed by atoms with Gasteiger partial charge in [-0.1, -0.05) is 30.3 Å². The van der Waals surface area contributed by atoms with E-state index in [1.807, 2.05) is 30.3 Å². The number of carbonyl (C=O) groups is 1. The van der Waals surface area contributed by atoms with Gasteiger partial charge in [0.05, 0.1) is 19.8 Å². The Balaban J connectivity index is 2.06. The molecule has 1 aliphatic heterocycles. The quantitative estimate of drug-likeness (QED) is 0.379. The third-order valence-corrected chi connectivity index (χ3v) is 3.76. The van der Waals surface area contributed by atoms with Gasteiger partial charge in [-0.15, -0.1) is 0 Å². The number of esters is 1. The van der Waals surface area contributed by atoms with Crippen molar-refractivity contribution in [2.45, 2.75) is 31.7 Å². The van der Waals surface area contributed by atoms with Crippen molar-refractivity contribution in [3.63, 3.8) is 0 Å². The lowest BCUT2D eigenvalue weighted by atomic mass is 9.98. The molecule has 0 aromatic heterocycles. The Morgan fingerprint density at radius 1 is 1.43 bits per heavy atom. The Labute approximate surface area is 134 Å². The van der Waals surface area contributed by atoms with Gasteiger partial charge >= 0.3 is 11.7 Å². The molecule has 1 atom stereocenters. The number of hydrogen-bond acceptors (Lipinski definition) is 5. The van der Waals surface area contributed by atoms with Gasteiger partial charge in [0.2, 0.25) is 11.9 Å². The summed E-state index contributed by atoms with van der Waals surface area (Å²) in [4.78, 5) is 14.5. The molecule has 0 bridgehead atoms. The molecule has 1 heterocycles. The number of rotatable bonds is 5. The Kier molecular flexibility index (Phi) is 5.63. The molecule has 1 aliphatic rings. The summed E-state index contributed by atoms with van der Waals surface area (Å²) in [5.41, 5.74) is 9.50. The highest BCUT2D eigenvalue weighted by Crippen LogP contribution is 2.30. The van der Waals surface area contributed by atoms with Crippen molar-refractivity contribution in [3.05, 3.63) is 41.4 Å². The van der Waals surface area contributed by atoms with E-state index < -0.39 is 23.6 Å². The lowest BCUT2D eigenvalue weighted by molar-refractivity contribution is -0.293. The van der Waals surface area contributed by atoms with Crippen LogP contribution < -0.4 is 0 Å². The normalized spacial score (nSPS) is 25.3. The van der Waals surface area contributed by atoms with Crippen LogP contribution in [0.2, 0.25) is 0 Å². The van der Waals surface area contributed by atoms with Gasteiger partial charge in [0.25, 0.3) is 0 Å². The van der Waals surface area contributed by atoms with Crippen LogP contribution in [0.25, 0.3) is 5.53 Å². The van der Waals surface area contributed by atoms with Crippen molar-refractivity contribution in [2.75, 3.05) is 19.8 Å². The molecule has 7 nitrogen and oxygen atoms in total. The minimum absolute atomic E-state index is 0.0218. The maximum absolute atomic E-state index is 11.7. The summed E-state index contributed by atoms with van der Waals surface area (Å²) in [6, 6.07) is 9.71. The molecule has 0 amide bonds. The average molecular weight is 320 g/mol. The van der Waals surface area contributed by atoms with E-state index in [2.05, 4.69) is 4.79 Å². The molecule has 124 valence electrons. The molecule has 0 spiro atoms. The van der Waals surface area contributed by atoms with Gasteiger partial charge in [-0.3, -0.25) is 0 Å². The Bertz CT molecular complexity index is 590. The summed E-state index contributed by atoms with van der Waals surface area (Å²) >= 11 is 0. The molecule has 7 heteroatoms. The van der Waals surface area contributed by atoms with Gasteiger partial charge in [0, 0.05) is 5.92 Å². The molecule has 2 rings (SSSR count). The molecular weight excluding hydrogens is 300 g/mol. The number of aliphatic hydroxyl groups excluding tert-OH is 1. The SMILES string of the molecule is CCOC(=O)C(=[N+]=[N-])C(O)C1(C)OCC(c2ccccc2)CO1. The second-order valence-electron chi connectivity index (χ2n) is 5.35. The van der Waals surface area contributed by atoms with E-state index in [4.69, 9.17) is 19.7 Å². The summed E-state index contributed by atoms with van der Waals surface area (Å²) in [5.74, 6) is -2.38. The van der Waals surface area contributed by atoms with Gasteiger partial charge < -0.3 is 24.8 Å². The van der Waals surface area contributed by atoms with Gasteiger partial charge in [-0.2, -0.15) is 4.79 Å². The van der Waals surface area contributed by atoms with E-state index in [-0.39, 0.29) is 12.5 Å². The van der Waals surface area contributed by atoms with Crippen molar-refractivity contribution in [1.29, 1.82) is 0 Å². The summed E-state index contributed by atoms with van der Waals surface area (Å²) in [5, 5.41) is 10.3. The van der Waals surface area contributed by atoms with Gasteiger partial charge in [-0.25, -0.2) is 4.79 Å². The maximum atomic E-state index is 11.7. The Morgan fingerprint density at radius 3 is 2.57 bits per heavy atom. The third kappa shape index (κ3) is 3.83. The van der Waals surface area contributed by atoms with Crippen LogP contribution >= 0.6 is 0 Å². The first kappa shape index (κ1) is 17.3.